The van der Waals surface area contributed by atoms with E-state index in [1.807, 2.05) is 31.2 Å². The molecule has 0 saturated carbocycles. The van der Waals surface area contributed by atoms with Gasteiger partial charge in [-0.25, -0.2) is 9.07 Å². The van der Waals surface area contributed by atoms with Crippen LogP contribution in [0.1, 0.15) is 28.8 Å². The van der Waals surface area contributed by atoms with Gasteiger partial charge in [-0.05, 0) is 50.1 Å². The fourth-order valence-corrected chi connectivity index (χ4v) is 3.63. The number of amides is 1. The number of nitrogens with two attached hydrogens (primary N) is 1. The molecular formula is C22H23FN4O. The first-order valence-electron chi connectivity index (χ1n) is 9.49. The number of hydrogen-bond donors (Lipinski definition) is 1. The van der Waals surface area contributed by atoms with Gasteiger partial charge in [0.1, 0.15) is 11.5 Å². The molecule has 2 N–H and O–H groups in total. The first-order valence-corrected chi connectivity index (χ1v) is 9.49. The van der Waals surface area contributed by atoms with E-state index in [-0.39, 0.29) is 17.8 Å². The molecule has 0 aliphatic carbocycles. The summed E-state index contributed by atoms with van der Waals surface area (Å²) in [6.07, 6.45) is 3.56. The number of likely N-dealkylation sites (tertiary alicyclic amines) is 1. The van der Waals surface area contributed by atoms with Gasteiger partial charge in [0.05, 0.1) is 11.3 Å². The van der Waals surface area contributed by atoms with E-state index in [1.165, 1.54) is 12.1 Å². The molecule has 144 valence electrons. The number of aryl methyl sites for hydroxylation is 1. The van der Waals surface area contributed by atoms with Crippen molar-refractivity contribution in [1.29, 1.82) is 0 Å². The normalized spacial score (nSPS) is 17.0. The van der Waals surface area contributed by atoms with Crippen LogP contribution in [-0.4, -0.2) is 39.7 Å². The van der Waals surface area contributed by atoms with Crippen molar-refractivity contribution in [3.8, 4) is 16.9 Å². The quantitative estimate of drug-likeness (QED) is 0.758. The number of halogens is 1. The molecule has 5 nitrogen and oxygen atoms in total. The lowest BCUT2D eigenvalue weighted by Gasteiger charge is -2.30. The van der Waals surface area contributed by atoms with E-state index in [0.29, 0.717) is 30.0 Å². The van der Waals surface area contributed by atoms with Crippen LogP contribution in [0.2, 0.25) is 0 Å². The predicted molar refractivity (Wildman–Crippen MR) is 107 cm³/mol. The van der Waals surface area contributed by atoms with E-state index in [1.54, 1.807) is 27.9 Å². The molecule has 1 fully saturated rings. The van der Waals surface area contributed by atoms with Gasteiger partial charge in [-0.2, -0.15) is 5.10 Å². The average molecular weight is 378 g/mol. The Balaban J connectivity index is 1.78. The van der Waals surface area contributed by atoms with Crippen molar-refractivity contribution in [2.24, 2.45) is 5.73 Å². The zero-order chi connectivity index (χ0) is 19.7. The second-order valence-electron chi connectivity index (χ2n) is 7.34. The largest absolute Gasteiger partial charge is 0.337 e. The molecule has 1 saturated heterocycles. The molecule has 3 aromatic rings. The summed E-state index contributed by atoms with van der Waals surface area (Å²) < 4.78 is 14.9. The monoisotopic (exact) mass is 378 g/mol. The number of piperidine rings is 1. The molecule has 1 aliphatic rings. The maximum absolute atomic E-state index is 13.3. The first kappa shape index (κ1) is 18.4. The highest BCUT2D eigenvalue weighted by Gasteiger charge is 2.27. The molecule has 1 unspecified atom stereocenters. The van der Waals surface area contributed by atoms with Crippen LogP contribution in [0.15, 0.2) is 54.7 Å². The fraction of sp³-hybridized carbons (Fsp3) is 0.273. The van der Waals surface area contributed by atoms with E-state index in [2.05, 4.69) is 5.10 Å². The minimum absolute atomic E-state index is 0.00673. The molecule has 2 aromatic carbocycles. The van der Waals surface area contributed by atoms with E-state index in [9.17, 15) is 9.18 Å². The Kier molecular flexibility index (Phi) is 4.96. The molecular weight excluding hydrogens is 355 g/mol. The van der Waals surface area contributed by atoms with Crippen molar-refractivity contribution >= 4 is 5.91 Å². The highest BCUT2D eigenvalue weighted by molar-refractivity contribution is 6.00. The maximum Gasteiger partial charge on any atom is 0.257 e. The molecule has 1 aromatic heterocycles. The summed E-state index contributed by atoms with van der Waals surface area (Å²) in [5, 5.41) is 4.67. The van der Waals surface area contributed by atoms with Crippen LogP contribution in [0.3, 0.4) is 0 Å². The smallest absolute Gasteiger partial charge is 0.257 e. The van der Waals surface area contributed by atoms with Crippen LogP contribution in [0.5, 0.6) is 0 Å². The van der Waals surface area contributed by atoms with E-state index >= 15 is 0 Å². The Hall–Kier alpha value is -2.99. The molecule has 6 heteroatoms. The first-order chi connectivity index (χ1) is 13.5. The minimum atomic E-state index is -0.312. The Labute approximate surface area is 163 Å². The standard InChI is InChI=1S/C22H23FN4O/c1-15-4-2-5-16(12-15)21-20(22(28)26-11-3-6-18(24)13-26)14-27(25-21)19-9-7-17(23)8-10-19/h2,4-5,7-10,12,14,18H,3,6,11,13,24H2,1H3. The van der Waals surface area contributed by atoms with Gasteiger partial charge in [0.2, 0.25) is 0 Å². The van der Waals surface area contributed by atoms with Crippen LogP contribution in [0.25, 0.3) is 16.9 Å². The Morgan fingerprint density at radius 3 is 2.71 bits per heavy atom. The Morgan fingerprint density at radius 1 is 1.21 bits per heavy atom. The second kappa shape index (κ2) is 7.56. The molecule has 28 heavy (non-hydrogen) atoms. The number of carbonyl (C=O) groups is 1. The van der Waals surface area contributed by atoms with E-state index in [0.717, 1.165) is 24.0 Å². The molecule has 2 heterocycles. The highest BCUT2D eigenvalue weighted by atomic mass is 19.1. The lowest BCUT2D eigenvalue weighted by atomic mass is 10.0. The summed E-state index contributed by atoms with van der Waals surface area (Å²) in [5.74, 6) is -0.381. The van der Waals surface area contributed by atoms with Crippen molar-refractivity contribution in [3.63, 3.8) is 0 Å². The molecule has 1 amide bonds. The van der Waals surface area contributed by atoms with Crippen LogP contribution in [0.4, 0.5) is 4.39 Å². The molecule has 1 atom stereocenters. The number of rotatable bonds is 3. The number of hydrogen-bond acceptors (Lipinski definition) is 3. The van der Waals surface area contributed by atoms with Crippen LogP contribution in [-0.2, 0) is 0 Å². The second-order valence-corrected chi connectivity index (χ2v) is 7.34. The third kappa shape index (κ3) is 3.68. The number of carbonyl (C=O) groups excluding carboxylic acids is 1. The third-order valence-corrected chi connectivity index (χ3v) is 5.07. The van der Waals surface area contributed by atoms with Gasteiger partial charge in [0.25, 0.3) is 5.91 Å². The van der Waals surface area contributed by atoms with Gasteiger partial charge in [0.15, 0.2) is 0 Å². The zero-order valence-electron chi connectivity index (χ0n) is 15.8. The predicted octanol–water partition coefficient (Wildman–Crippen LogP) is 3.55. The number of nitrogens with zero attached hydrogens (tertiary/aromatic N) is 3. The zero-order valence-corrected chi connectivity index (χ0v) is 15.8. The number of aromatic nitrogens is 2. The maximum atomic E-state index is 13.3. The van der Waals surface area contributed by atoms with Crippen LogP contribution >= 0.6 is 0 Å². The summed E-state index contributed by atoms with van der Waals surface area (Å²) in [6, 6.07) is 14.0. The lowest BCUT2D eigenvalue weighted by molar-refractivity contribution is 0.0709. The van der Waals surface area contributed by atoms with Gasteiger partial charge in [-0.3, -0.25) is 4.79 Å². The van der Waals surface area contributed by atoms with Gasteiger partial charge in [-0.1, -0.05) is 23.8 Å². The minimum Gasteiger partial charge on any atom is -0.337 e. The molecule has 4 rings (SSSR count). The van der Waals surface area contributed by atoms with Gasteiger partial charge in [-0.15, -0.1) is 0 Å². The van der Waals surface area contributed by atoms with Gasteiger partial charge >= 0.3 is 0 Å². The summed E-state index contributed by atoms with van der Waals surface area (Å²) in [4.78, 5) is 15.1. The van der Waals surface area contributed by atoms with E-state index in [4.69, 9.17) is 5.73 Å². The summed E-state index contributed by atoms with van der Waals surface area (Å²) in [6.45, 7) is 3.25. The Bertz CT molecular complexity index is 996. The third-order valence-electron chi connectivity index (χ3n) is 5.07. The highest BCUT2D eigenvalue weighted by Crippen LogP contribution is 2.26. The van der Waals surface area contributed by atoms with Crippen LogP contribution < -0.4 is 5.73 Å². The van der Waals surface area contributed by atoms with Crippen molar-refractivity contribution in [2.45, 2.75) is 25.8 Å². The van der Waals surface area contributed by atoms with E-state index < -0.39 is 0 Å². The molecule has 0 spiro atoms. The Morgan fingerprint density at radius 2 is 2.00 bits per heavy atom. The SMILES string of the molecule is Cc1cccc(-c2nn(-c3ccc(F)cc3)cc2C(=O)N2CCCC(N)C2)c1. The van der Waals surface area contributed by atoms with Crippen molar-refractivity contribution in [3.05, 3.63) is 71.7 Å². The van der Waals surface area contributed by atoms with Crippen molar-refractivity contribution < 1.29 is 9.18 Å². The van der Waals surface area contributed by atoms with Crippen molar-refractivity contribution in [1.82, 2.24) is 14.7 Å². The fourth-order valence-electron chi connectivity index (χ4n) is 3.63. The average Bonchev–Trinajstić information content (AvgIpc) is 3.13. The van der Waals surface area contributed by atoms with Crippen LogP contribution in [0, 0.1) is 12.7 Å². The summed E-state index contributed by atoms with van der Waals surface area (Å²) in [7, 11) is 0. The summed E-state index contributed by atoms with van der Waals surface area (Å²) >= 11 is 0. The summed E-state index contributed by atoms with van der Waals surface area (Å²) in [5.41, 5.74) is 9.89. The van der Waals surface area contributed by atoms with Gasteiger partial charge in [0, 0.05) is 30.9 Å². The molecule has 1 aliphatic heterocycles. The molecule has 0 radical (unpaired) electrons. The number of benzene rings is 2. The van der Waals surface area contributed by atoms with Gasteiger partial charge < -0.3 is 10.6 Å². The topological polar surface area (TPSA) is 64.2 Å². The molecule has 0 bridgehead atoms. The van der Waals surface area contributed by atoms with Crippen molar-refractivity contribution in [2.75, 3.05) is 13.1 Å². The lowest BCUT2D eigenvalue weighted by Crippen LogP contribution is -2.45.